The fourth-order valence-electron chi connectivity index (χ4n) is 1.72. The van der Waals surface area contributed by atoms with Crippen LogP contribution in [0.25, 0.3) is 0 Å². The fourth-order valence-corrected chi connectivity index (χ4v) is 1.72. The van der Waals surface area contributed by atoms with Crippen LogP contribution in [0.4, 0.5) is 0 Å². The van der Waals surface area contributed by atoms with Gasteiger partial charge in [0.25, 0.3) is 0 Å². The third-order valence-corrected chi connectivity index (χ3v) is 2.96. The molecule has 84 valence electrons. The van der Waals surface area contributed by atoms with Gasteiger partial charge in [-0.25, -0.2) is 0 Å². The van der Waals surface area contributed by atoms with Gasteiger partial charge >= 0.3 is 0 Å². The Bertz CT molecular complexity index is 148. The molecular weight excluding hydrogens is 176 g/mol. The van der Waals surface area contributed by atoms with E-state index >= 15 is 0 Å². The van der Waals surface area contributed by atoms with Crippen LogP contribution in [0.2, 0.25) is 0 Å². The van der Waals surface area contributed by atoms with Crippen molar-refractivity contribution in [1.29, 1.82) is 0 Å². The lowest BCUT2D eigenvalue weighted by Gasteiger charge is -2.18. The Morgan fingerprint density at radius 1 is 1.43 bits per heavy atom. The van der Waals surface area contributed by atoms with E-state index in [2.05, 4.69) is 11.9 Å². The summed E-state index contributed by atoms with van der Waals surface area (Å²) in [5.41, 5.74) is 6.03. The zero-order chi connectivity index (χ0) is 10.4. The predicted octanol–water partition coefficient (Wildman–Crippen LogP) is 1.08. The molecule has 14 heavy (non-hydrogen) atoms. The highest BCUT2D eigenvalue weighted by Crippen LogP contribution is 2.32. The Hall–Kier alpha value is -0.120. The number of rotatable bonds is 8. The lowest BCUT2D eigenvalue weighted by atomic mass is 10.1. The highest BCUT2D eigenvalue weighted by molar-refractivity contribution is 4.84. The van der Waals surface area contributed by atoms with Crippen LogP contribution in [0.15, 0.2) is 0 Å². The average molecular weight is 200 g/mol. The van der Waals surface area contributed by atoms with Crippen molar-refractivity contribution in [2.24, 2.45) is 11.7 Å². The standard InChI is InChI=1S/C11H24N2O/c1-13(7-3-9-14-2)8-6-11(12)10-4-5-10/h10-11H,3-9,12H2,1-2H3. The lowest BCUT2D eigenvalue weighted by molar-refractivity contribution is 0.178. The molecule has 1 saturated carbocycles. The van der Waals surface area contributed by atoms with E-state index < -0.39 is 0 Å². The van der Waals surface area contributed by atoms with Crippen molar-refractivity contribution in [2.75, 3.05) is 33.9 Å². The van der Waals surface area contributed by atoms with Gasteiger partial charge in [0.15, 0.2) is 0 Å². The summed E-state index contributed by atoms with van der Waals surface area (Å²) in [4.78, 5) is 2.35. The van der Waals surface area contributed by atoms with Gasteiger partial charge in [-0.3, -0.25) is 0 Å². The maximum Gasteiger partial charge on any atom is 0.0474 e. The van der Waals surface area contributed by atoms with Gasteiger partial charge in [-0.2, -0.15) is 0 Å². The minimum atomic E-state index is 0.444. The van der Waals surface area contributed by atoms with Crippen molar-refractivity contribution in [3.63, 3.8) is 0 Å². The quantitative estimate of drug-likeness (QED) is 0.596. The molecule has 0 radical (unpaired) electrons. The molecule has 2 N–H and O–H groups in total. The van der Waals surface area contributed by atoms with Crippen molar-refractivity contribution in [1.82, 2.24) is 4.90 Å². The number of methoxy groups -OCH3 is 1. The zero-order valence-corrected chi connectivity index (χ0v) is 9.54. The summed E-state index contributed by atoms with van der Waals surface area (Å²) in [6.45, 7) is 3.10. The van der Waals surface area contributed by atoms with E-state index in [-0.39, 0.29) is 0 Å². The first-order valence-corrected chi connectivity index (χ1v) is 5.67. The summed E-state index contributed by atoms with van der Waals surface area (Å²) in [7, 11) is 3.91. The van der Waals surface area contributed by atoms with Gasteiger partial charge in [0.05, 0.1) is 0 Å². The molecule has 0 bridgehead atoms. The molecule has 0 saturated heterocycles. The highest BCUT2D eigenvalue weighted by atomic mass is 16.5. The summed E-state index contributed by atoms with van der Waals surface area (Å²) in [6.07, 6.45) is 4.98. The van der Waals surface area contributed by atoms with Gasteiger partial charge in [-0.05, 0) is 45.2 Å². The van der Waals surface area contributed by atoms with E-state index in [1.807, 2.05) is 0 Å². The van der Waals surface area contributed by atoms with Crippen molar-refractivity contribution in [2.45, 2.75) is 31.7 Å². The minimum absolute atomic E-state index is 0.444. The normalized spacial score (nSPS) is 18.9. The summed E-state index contributed by atoms with van der Waals surface area (Å²) in [5.74, 6) is 0.836. The number of hydrogen-bond donors (Lipinski definition) is 1. The molecule has 1 unspecified atom stereocenters. The summed E-state index contributed by atoms with van der Waals surface area (Å²) in [5, 5.41) is 0. The SMILES string of the molecule is COCCCN(C)CCC(N)C1CC1. The molecule has 1 rings (SSSR count). The van der Waals surface area contributed by atoms with Crippen LogP contribution in [0.5, 0.6) is 0 Å². The van der Waals surface area contributed by atoms with Gasteiger partial charge < -0.3 is 15.4 Å². The molecule has 0 heterocycles. The summed E-state index contributed by atoms with van der Waals surface area (Å²) < 4.78 is 5.01. The molecule has 0 aromatic carbocycles. The van der Waals surface area contributed by atoms with E-state index in [0.717, 1.165) is 38.5 Å². The van der Waals surface area contributed by atoms with Gasteiger partial charge in [0.2, 0.25) is 0 Å². The first kappa shape index (κ1) is 12.0. The zero-order valence-electron chi connectivity index (χ0n) is 9.54. The fraction of sp³-hybridized carbons (Fsp3) is 1.00. The highest BCUT2D eigenvalue weighted by Gasteiger charge is 2.27. The molecule has 0 aliphatic heterocycles. The van der Waals surface area contributed by atoms with Crippen molar-refractivity contribution in [3.05, 3.63) is 0 Å². The molecule has 0 spiro atoms. The monoisotopic (exact) mass is 200 g/mol. The molecule has 0 aromatic heterocycles. The summed E-state index contributed by atoms with van der Waals surface area (Å²) in [6, 6.07) is 0.444. The van der Waals surface area contributed by atoms with Gasteiger partial charge in [0, 0.05) is 26.3 Å². The van der Waals surface area contributed by atoms with Crippen LogP contribution in [-0.4, -0.2) is 44.8 Å². The molecule has 0 aromatic rings. The van der Waals surface area contributed by atoms with Crippen LogP contribution in [0.3, 0.4) is 0 Å². The topological polar surface area (TPSA) is 38.5 Å². The van der Waals surface area contributed by atoms with E-state index in [1.54, 1.807) is 7.11 Å². The van der Waals surface area contributed by atoms with Crippen LogP contribution in [0, 0.1) is 5.92 Å². The number of hydrogen-bond acceptors (Lipinski definition) is 3. The van der Waals surface area contributed by atoms with Crippen molar-refractivity contribution in [3.8, 4) is 0 Å². The van der Waals surface area contributed by atoms with Gasteiger partial charge in [-0.1, -0.05) is 0 Å². The lowest BCUT2D eigenvalue weighted by Crippen LogP contribution is -2.30. The predicted molar refractivity (Wildman–Crippen MR) is 59.3 cm³/mol. The average Bonchev–Trinajstić information content (AvgIpc) is 2.98. The molecule has 1 atom stereocenters. The smallest absolute Gasteiger partial charge is 0.0474 e. The third kappa shape index (κ3) is 4.94. The Morgan fingerprint density at radius 2 is 2.14 bits per heavy atom. The van der Waals surface area contributed by atoms with E-state index in [1.165, 1.54) is 12.8 Å². The second-order valence-corrected chi connectivity index (χ2v) is 4.44. The van der Waals surface area contributed by atoms with Crippen LogP contribution >= 0.6 is 0 Å². The van der Waals surface area contributed by atoms with Crippen LogP contribution in [0.1, 0.15) is 25.7 Å². The maximum atomic E-state index is 6.03. The number of ether oxygens (including phenoxy) is 1. The number of nitrogens with two attached hydrogens (primary N) is 1. The summed E-state index contributed by atoms with van der Waals surface area (Å²) >= 11 is 0. The second-order valence-electron chi connectivity index (χ2n) is 4.44. The molecule has 1 fully saturated rings. The molecule has 1 aliphatic carbocycles. The molecule has 3 nitrogen and oxygen atoms in total. The number of nitrogens with zero attached hydrogens (tertiary/aromatic N) is 1. The Labute approximate surface area is 87.6 Å². The van der Waals surface area contributed by atoms with Crippen LogP contribution in [-0.2, 0) is 4.74 Å². The maximum absolute atomic E-state index is 6.03. The van der Waals surface area contributed by atoms with Crippen molar-refractivity contribution >= 4 is 0 Å². The van der Waals surface area contributed by atoms with E-state index in [4.69, 9.17) is 10.5 Å². The Balaban J connectivity index is 1.93. The van der Waals surface area contributed by atoms with Crippen LogP contribution < -0.4 is 5.73 Å². The molecule has 0 amide bonds. The van der Waals surface area contributed by atoms with Crippen molar-refractivity contribution < 1.29 is 4.74 Å². The Kier molecular flexibility index (Phi) is 5.45. The largest absolute Gasteiger partial charge is 0.385 e. The molecular formula is C11H24N2O. The second kappa shape index (κ2) is 6.38. The third-order valence-electron chi connectivity index (χ3n) is 2.96. The molecule has 3 heteroatoms. The van der Waals surface area contributed by atoms with Gasteiger partial charge in [0.1, 0.15) is 0 Å². The van der Waals surface area contributed by atoms with Gasteiger partial charge in [-0.15, -0.1) is 0 Å². The Morgan fingerprint density at radius 3 is 2.71 bits per heavy atom. The van der Waals surface area contributed by atoms with E-state index in [9.17, 15) is 0 Å². The molecule has 1 aliphatic rings. The van der Waals surface area contributed by atoms with E-state index in [0.29, 0.717) is 6.04 Å². The first-order valence-electron chi connectivity index (χ1n) is 5.67. The first-order chi connectivity index (χ1) is 6.74. The minimum Gasteiger partial charge on any atom is -0.385 e.